The number of benzene rings is 1. The summed E-state index contributed by atoms with van der Waals surface area (Å²) in [4.78, 5) is 0. The lowest BCUT2D eigenvalue weighted by Crippen LogP contribution is -2.17. The lowest BCUT2D eigenvalue weighted by molar-refractivity contribution is 0.242. The van der Waals surface area contributed by atoms with E-state index in [1.54, 1.807) is 0 Å². The number of ether oxygens (including phenoxy) is 1. The first kappa shape index (κ1) is 12.4. The first-order valence-corrected chi connectivity index (χ1v) is 6.63. The molecule has 0 radical (unpaired) electrons. The van der Waals surface area contributed by atoms with Gasteiger partial charge in [-0.1, -0.05) is 25.0 Å². The van der Waals surface area contributed by atoms with E-state index in [2.05, 4.69) is 43.4 Å². The molecule has 1 N–H and O–H groups in total. The Balaban J connectivity index is 1.99. The van der Waals surface area contributed by atoms with Crippen LogP contribution in [0.5, 0.6) is 5.75 Å². The van der Waals surface area contributed by atoms with Gasteiger partial charge in [-0.15, -0.1) is 0 Å². The monoisotopic (exact) mass is 233 g/mol. The summed E-state index contributed by atoms with van der Waals surface area (Å²) >= 11 is 0. The highest BCUT2D eigenvalue weighted by Crippen LogP contribution is 2.37. The molecule has 1 atom stereocenters. The number of hydrogen-bond acceptors (Lipinski definition) is 2. The summed E-state index contributed by atoms with van der Waals surface area (Å²) in [5, 5.41) is 3.41. The predicted molar refractivity (Wildman–Crippen MR) is 71.3 cm³/mol. The summed E-state index contributed by atoms with van der Waals surface area (Å²) in [5.74, 6) is 1.91. The quantitative estimate of drug-likeness (QED) is 0.811. The Morgan fingerprint density at radius 3 is 2.35 bits per heavy atom. The average Bonchev–Trinajstić information content (AvgIpc) is 3.10. The zero-order valence-corrected chi connectivity index (χ0v) is 11.1. The maximum Gasteiger partial charge on any atom is 0.119 e. The molecule has 2 heteroatoms. The molecule has 1 saturated carbocycles. The van der Waals surface area contributed by atoms with Crippen molar-refractivity contribution in [1.82, 2.24) is 5.32 Å². The van der Waals surface area contributed by atoms with Crippen molar-refractivity contribution in [3.8, 4) is 5.75 Å². The fourth-order valence-corrected chi connectivity index (χ4v) is 2.16. The van der Waals surface area contributed by atoms with Crippen molar-refractivity contribution in [3.63, 3.8) is 0 Å². The molecule has 1 unspecified atom stereocenters. The minimum Gasteiger partial charge on any atom is -0.491 e. The number of hydrogen-bond donors (Lipinski definition) is 1. The molecule has 0 aromatic heterocycles. The molecule has 0 amide bonds. The summed E-state index contributed by atoms with van der Waals surface area (Å²) in [6.07, 6.45) is 4.33. The second-order valence-corrected chi connectivity index (χ2v) is 5.26. The molecule has 17 heavy (non-hydrogen) atoms. The van der Waals surface area contributed by atoms with E-state index in [1.165, 1.54) is 24.8 Å². The zero-order valence-electron chi connectivity index (χ0n) is 11.1. The fourth-order valence-electron chi connectivity index (χ4n) is 2.16. The lowest BCUT2D eigenvalue weighted by atomic mass is 10.0. The van der Waals surface area contributed by atoms with Crippen molar-refractivity contribution in [2.75, 3.05) is 7.05 Å². The van der Waals surface area contributed by atoms with E-state index >= 15 is 0 Å². The largest absolute Gasteiger partial charge is 0.491 e. The van der Waals surface area contributed by atoms with E-state index in [4.69, 9.17) is 4.74 Å². The van der Waals surface area contributed by atoms with Crippen LogP contribution in [0.15, 0.2) is 24.3 Å². The molecular weight excluding hydrogens is 210 g/mol. The van der Waals surface area contributed by atoms with Crippen LogP contribution in [-0.2, 0) is 0 Å². The maximum absolute atomic E-state index is 5.66. The van der Waals surface area contributed by atoms with Crippen LogP contribution < -0.4 is 10.1 Å². The van der Waals surface area contributed by atoms with Crippen LogP contribution in [0, 0.1) is 5.92 Å². The van der Waals surface area contributed by atoms with Crippen molar-refractivity contribution < 1.29 is 4.74 Å². The van der Waals surface area contributed by atoms with Gasteiger partial charge in [0.15, 0.2) is 0 Å². The van der Waals surface area contributed by atoms with Crippen molar-refractivity contribution in [1.29, 1.82) is 0 Å². The maximum atomic E-state index is 5.66. The highest BCUT2D eigenvalue weighted by atomic mass is 16.5. The van der Waals surface area contributed by atoms with Crippen molar-refractivity contribution >= 4 is 0 Å². The minimum absolute atomic E-state index is 0.243. The third kappa shape index (κ3) is 3.74. The topological polar surface area (TPSA) is 21.3 Å². The Hall–Kier alpha value is -1.02. The van der Waals surface area contributed by atoms with E-state index in [9.17, 15) is 0 Å². The average molecular weight is 233 g/mol. The first-order valence-electron chi connectivity index (χ1n) is 6.63. The van der Waals surface area contributed by atoms with E-state index in [-0.39, 0.29) is 6.10 Å². The fraction of sp³-hybridized carbons (Fsp3) is 0.600. The van der Waals surface area contributed by atoms with Crippen LogP contribution in [0.1, 0.15) is 44.7 Å². The molecule has 0 bridgehead atoms. The predicted octanol–water partition coefficient (Wildman–Crippen LogP) is 3.53. The van der Waals surface area contributed by atoms with Gasteiger partial charge in [0, 0.05) is 6.04 Å². The molecule has 0 heterocycles. The van der Waals surface area contributed by atoms with Gasteiger partial charge in [0.05, 0.1) is 6.10 Å². The summed E-state index contributed by atoms with van der Waals surface area (Å²) in [6.45, 7) is 4.11. The van der Waals surface area contributed by atoms with Gasteiger partial charge in [0.2, 0.25) is 0 Å². The highest BCUT2D eigenvalue weighted by molar-refractivity contribution is 5.29. The van der Waals surface area contributed by atoms with E-state index < -0.39 is 0 Å². The number of rotatable bonds is 6. The van der Waals surface area contributed by atoms with E-state index in [1.807, 2.05) is 7.05 Å². The van der Waals surface area contributed by atoms with Gasteiger partial charge in [-0.05, 0) is 50.9 Å². The second-order valence-electron chi connectivity index (χ2n) is 5.26. The van der Waals surface area contributed by atoms with Gasteiger partial charge in [0.1, 0.15) is 5.75 Å². The van der Waals surface area contributed by atoms with Gasteiger partial charge in [-0.25, -0.2) is 0 Å². The molecule has 0 spiro atoms. The van der Waals surface area contributed by atoms with Crippen molar-refractivity contribution in [3.05, 3.63) is 29.8 Å². The highest BCUT2D eigenvalue weighted by Gasteiger charge is 2.25. The van der Waals surface area contributed by atoms with Gasteiger partial charge in [-0.2, -0.15) is 0 Å². The molecule has 2 rings (SSSR count). The summed E-state index contributed by atoms with van der Waals surface area (Å²) in [5.41, 5.74) is 1.37. The zero-order chi connectivity index (χ0) is 12.3. The standard InChI is InChI=1S/C15H23NO/c1-11(2)17-14-8-6-13(7-9-14)15(16-3)10-12-4-5-12/h6-9,11-12,15-16H,4-5,10H2,1-3H3. The molecule has 0 aliphatic heterocycles. The third-order valence-electron chi connectivity index (χ3n) is 3.27. The molecule has 1 aromatic carbocycles. The summed E-state index contributed by atoms with van der Waals surface area (Å²) < 4.78 is 5.66. The molecule has 1 aliphatic rings. The van der Waals surface area contributed by atoms with Crippen LogP contribution in [0.4, 0.5) is 0 Å². The Morgan fingerprint density at radius 1 is 1.24 bits per heavy atom. The SMILES string of the molecule is CNC(CC1CC1)c1ccc(OC(C)C)cc1. The third-order valence-corrected chi connectivity index (χ3v) is 3.27. The second kappa shape index (κ2) is 5.54. The molecule has 1 aromatic rings. The van der Waals surface area contributed by atoms with Crippen LogP contribution in [0.25, 0.3) is 0 Å². The summed E-state index contributed by atoms with van der Waals surface area (Å²) in [7, 11) is 2.05. The van der Waals surface area contributed by atoms with E-state index in [0.29, 0.717) is 6.04 Å². The van der Waals surface area contributed by atoms with Crippen molar-refractivity contribution in [2.24, 2.45) is 5.92 Å². The molecule has 94 valence electrons. The minimum atomic E-state index is 0.243. The lowest BCUT2D eigenvalue weighted by Gasteiger charge is -2.17. The normalized spacial score (nSPS) is 17.2. The molecule has 1 aliphatic carbocycles. The molecule has 1 fully saturated rings. The van der Waals surface area contributed by atoms with Crippen LogP contribution in [0.3, 0.4) is 0 Å². The van der Waals surface area contributed by atoms with Crippen molar-refractivity contribution in [2.45, 2.75) is 45.3 Å². The Kier molecular flexibility index (Phi) is 4.06. The first-order chi connectivity index (χ1) is 8.19. The Labute approximate surface area is 104 Å². The van der Waals surface area contributed by atoms with Crippen LogP contribution in [0.2, 0.25) is 0 Å². The number of nitrogens with one attached hydrogen (secondary N) is 1. The molecular formula is C15H23NO. The molecule has 0 saturated heterocycles. The van der Waals surface area contributed by atoms with Gasteiger partial charge < -0.3 is 10.1 Å². The van der Waals surface area contributed by atoms with Gasteiger partial charge in [0.25, 0.3) is 0 Å². The van der Waals surface area contributed by atoms with Gasteiger partial charge >= 0.3 is 0 Å². The van der Waals surface area contributed by atoms with Crippen LogP contribution >= 0.6 is 0 Å². The van der Waals surface area contributed by atoms with Crippen LogP contribution in [-0.4, -0.2) is 13.2 Å². The smallest absolute Gasteiger partial charge is 0.119 e. The summed E-state index contributed by atoms with van der Waals surface area (Å²) in [6, 6.07) is 9.01. The van der Waals surface area contributed by atoms with E-state index in [0.717, 1.165) is 11.7 Å². The molecule has 2 nitrogen and oxygen atoms in total. The Bertz CT molecular complexity index is 340. The van der Waals surface area contributed by atoms with Gasteiger partial charge in [-0.3, -0.25) is 0 Å². The Morgan fingerprint density at radius 2 is 1.88 bits per heavy atom.